The van der Waals surface area contributed by atoms with Gasteiger partial charge < -0.3 is 4.84 Å². The van der Waals surface area contributed by atoms with E-state index in [0.29, 0.717) is 21.3 Å². The predicted octanol–water partition coefficient (Wildman–Crippen LogP) is 5.75. The smallest absolute Gasteiger partial charge is 0.318 e. The average Bonchev–Trinajstić information content (AvgIpc) is 2.64. The molecule has 2 aromatic carbocycles. The molecule has 0 aliphatic carbocycles. The summed E-state index contributed by atoms with van der Waals surface area (Å²) in [4.78, 5) is 30.4. The number of hydrogen-bond acceptors (Lipinski definition) is 3. The molecule has 0 radical (unpaired) electrons. The highest BCUT2D eigenvalue weighted by Crippen LogP contribution is 2.25. The summed E-state index contributed by atoms with van der Waals surface area (Å²) in [6, 6.07) is 13.5. The number of halogens is 3. The Morgan fingerprint density at radius 3 is 2.30 bits per heavy atom. The van der Waals surface area contributed by atoms with E-state index < -0.39 is 17.4 Å². The van der Waals surface area contributed by atoms with Crippen molar-refractivity contribution in [1.82, 2.24) is 5.06 Å². The van der Waals surface area contributed by atoms with Crippen LogP contribution >= 0.6 is 34.8 Å². The molecule has 0 heterocycles. The number of nitrogens with one attached hydrogen (secondary N) is 1. The summed E-state index contributed by atoms with van der Waals surface area (Å²) in [5.41, 5.74) is 0.187. The number of anilines is 1. The van der Waals surface area contributed by atoms with Crippen LogP contribution in [0.15, 0.2) is 48.5 Å². The van der Waals surface area contributed by atoms with Gasteiger partial charge in [0.15, 0.2) is 0 Å². The molecule has 27 heavy (non-hydrogen) atoms. The van der Waals surface area contributed by atoms with Crippen LogP contribution in [0.4, 0.5) is 10.5 Å². The fourth-order valence-electron chi connectivity index (χ4n) is 2.10. The molecular formula is C19H19Cl3N2O3. The summed E-state index contributed by atoms with van der Waals surface area (Å²) >= 11 is 17.9. The Morgan fingerprint density at radius 1 is 1.07 bits per heavy atom. The Kier molecular flexibility index (Phi) is 7.36. The number of hydroxylamine groups is 2. The van der Waals surface area contributed by atoms with Gasteiger partial charge in [-0.3, -0.25) is 10.1 Å². The van der Waals surface area contributed by atoms with Crippen LogP contribution in [-0.4, -0.2) is 22.9 Å². The van der Waals surface area contributed by atoms with E-state index in [4.69, 9.17) is 39.6 Å². The molecule has 0 fully saturated rings. The summed E-state index contributed by atoms with van der Waals surface area (Å²) in [5.74, 6) is -0.379. The van der Waals surface area contributed by atoms with Crippen molar-refractivity contribution < 1.29 is 14.4 Å². The van der Waals surface area contributed by atoms with Crippen molar-refractivity contribution in [3.05, 3.63) is 64.1 Å². The highest BCUT2D eigenvalue weighted by Gasteiger charge is 2.34. The second-order valence-corrected chi connectivity index (χ2v) is 7.57. The second kappa shape index (κ2) is 9.31. The quantitative estimate of drug-likeness (QED) is 0.486. The van der Waals surface area contributed by atoms with Crippen molar-refractivity contribution in [3.8, 4) is 0 Å². The minimum atomic E-state index is -0.927. The molecule has 1 N–H and O–H groups in total. The zero-order valence-corrected chi connectivity index (χ0v) is 17.1. The summed E-state index contributed by atoms with van der Waals surface area (Å²) in [5, 5.41) is 4.51. The number of alkyl halides is 1. The van der Waals surface area contributed by atoms with Crippen LogP contribution in [0.1, 0.15) is 19.4 Å². The molecule has 0 unspecified atom stereocenters. The number of carbonyl (C=O) groups excluding carboxylic acids is 2. The van der Waals surface area contributed by atoms with Gasteiger partial charge in [0.05, 0.1) is 12.0 Å². The van der Waals surface area contributed by atoms with E-state index in [1.54, 1.807) is 62.4 Å². The highest BCUT2D eigenvalue weighted by atomic mass is 35.5. The van der Waals surface area contributed by atoms with Crippen molar-refractivity contribution in [1.29, 1.82) is 0 Å². The van der Waals surface area contributed by atoms with Crippen LogP contribution in [0, 0.1) is 5.41 Å². The standard InChI is InChI=1S/C19H19Cl3N2O3/c1-19(2,12-20)17(25)24(11-13-5-3-4-6-16(13)22)27-18(26)23-15-9-7-14(21)8-10-15/h3-10H,11-12H2,1-2H3,(H,23,26). The van der Waals surface area contributed by atoms with Gasteiger partial charge in [0.2, 0.25) is 0 Å². The first kappa shape index (κ1) is 21.4. The Bertz CT molecular complexity index is 810. The zero-order valence-electron chi connectivity index (χ0n) is 14.8. The van der Waals surface area contributed by atoms with E-state index in [-0.39, 0.29) is 12.4 Å². The fourth-order valence-corrected chi connectivity index (χ4v) is 2.53. The largest absolute Gasteiger partial charge is 0.436 e. The van der Waals surface area contributed by atoms with Gasteiger partial charge in [-0.15, -0.1) is 11.6 Å². The number of amides is 2. The fraction of sp³-hybridized carbons (Fsp3) is 0.263. The number of nitrogens with zero attached hydrogens (tertiary/aromatic N) is 1. The van der Waals surface area contributed by atoms with Crippen LogP contribution in [-0.2, 0) is 16.2 Å². The molecule has 0 aliphatic heterocycles. The molecule has 0 atom stereocenters. The van der Waals surface area contributed by atoms with Gasteiger partial charge in [0.1, 0.15) is 0 Å². The monoisotopic (exact) mass is 428 g/mol. The van der Waals surface area contributed by atoms with E-state index in [1.807, 2.05) is 0 Å². The number of benzene rings is 2. The molecule has 0 aromatic heterocycles. The normalized spacial score (nSPS) is 11.0. The lowest BCUT2D eigenvalue weighted by molar-refractivity contribution is -0.176. The highest BCUT2D eigenvalue weighted by molar-refractivity contribution is 6.31. The first-order chi connectivity index (χ1) is 12.7. The first-order valence-corrected chi connectivity index (χ1v) is 9.38. The van der Waals surface area contributed by atoms with E-state index in [2.05, 4.69) is 5.32 Å². The number of carbonyl (C=O) groups is 2. The maximum Gasteiger partial charge on any atom is 0.436 e. The minimum Gasteiger partial charge on any atom is -0.318 e. The molecule has 0 aliphatic rings. The maximum absolute atomic E-state index is 12.8. The van der Waals surface area contributed by atoms with Gasteiger partial charge in [-0.2, -0.15) is 5.06 Å². The van der Waals surface area contributed by atoms with Crippen LogP contribution in [0.25, 0.3) is 0 Å². The van der Waals surface area contributed by atoms with Gasteiger partial charge in [0.25, 0.3) is 5.91 Å². The topological polar surface area (TPSA) is 58.6 Å². The van der Waals surface area contributed by atoms with Crippen molar-refractivity contribution in [3.63, 3.8) is 0 Å². The second-order valence-electron chi connectivity index (χ2n) is 6.46. The SMILES string of the molecule is CC(C)(CCl)C(=O)N(Cc1ccccc1Cl)OC(=O)Nc1ccc(Cl)cc1. The van der Waals surface area contributed by atoms with Gasteiger partial charge in [-0.25, -0.2) is 4.79 Å². The van der Waals surface area contributed by atoms with Gasteiger partial charge >= 0.3 is 6.09 Å². The van der Waals surface area contributed by atoms with Crippen LogP contribution in [0.5, 0.6) is 0 Å². The Labute approximate surface area is 173 Å². The summed E-state index contributed by atoms with van der Waals surface area (Å²) in [6.07, 6.45) is -0.817. The number of rotatable bonds is 5. The average molecular weight is 430 g/mol. The van der Waals surface area contributed by atoms with Crippen molar-refractivity contribution in [2.45, 2.75) is 20.4 Å². The molecule has 0 saturated heterocycles. The third-order valence-corrected chi connectivity index (χ3v) is 4.98. The molecule has 5 nitrogen and oxygen atoms in total. The molecule has 2 aromatic rings. The molecule has 2 amide bonds. The van der Waals surface area contributed by atoms with Crippen LogP contribution in [0.3, 0.4) is 0 Å². The van der Waals surface area contributed by atoms with E-state index >= 15 is 0 Å². The summed E-state index contributed by atoms with van der Waals surface area (Å²) < 4.78 is 0. The molecule has 0 bridgehead atoms. The molecule has 0 spiro atoms. The van der Waals surface area contributed by atoms with Crippen molar-refractivity contribution in [2.24, 2.45) is 5.41 Å². The summed E-state index contributed by atoms with van der Waals surface area (Å²) in [7, 11) is 0. The molecule has 8 heteroatoms. The first-order valence-electron chi connectivity index (χ1n) is 8.09. The lowest BCUT2D eigenvalue weighted by Crippen LogP contribution is -2.43. The van der Waals surface area contributed by atoms with Gasteiger partial charge in [0, 0.05) is 21.6 Å². The minimum absolute atomic E-state index is 0.00708. The molecular weight excluding hydrogens is 411 g/mol. The van der Waals surface area contributed by atoms with E-state index in [0.717, 1.165) is 5.06 Å². The molecule has 144 valence electrons. The summed E-state index contributed by atoms with van der Waals surface area (Å²) in [6.45, 7) is 3.33. The Hall–Kier alpha value is -1.95. The Morgan fingerprint density at radius 2 is 1.70 bits per heavy atom. The van der Waals surface area contributed by atoms with Gasteiger partial charge in [-0.05, 0) is 49.7 Å². The van der Waals surface area contributed by atoms with E-state index in [9.17, 15) is 9.59 Å². The lowest BCUT2D eigenvalue weighted by atomic mass is 9.95. The third-order valence-electron chi connectivity index (χ3n) is 3.70. The van der Waals surface area contributed by atoms with E-state index in [1.165, 1.54) is 0 Å². The molecule has 2 rings (SSSR count). The van der Waals surface area contributed by atoms with Gasteiger partial charge in [-0.1, -0.05) is 41.4 Å². The lowest BCUT2D eigenvalue weighted by Gasteiger charge is -2.29. The third kappa shape index (κ3) is 6.03. The predicted molar refractivity (Wildman–Crippen MR) is 108 cm³/mol. The van der Waals surface area contributed by atoms with Crippen molar-refractivity contribution in [2.75, 3.05) is 11.2 Å². The van der Waals surface area contributed by atoms with Crippen LogP contribution in [0.2, 0.25) is 10.0 Å². The maximum atomic E-state index is 12.8. The molecule has 0 saturated carbocycles. The Balaban J connectivity index is 2.18. The van der Waals surface area contributed by atoms with Crippen LogP contribution < -0.4 is 5.32 Å². The zero-order chi connectivity index (χ0) is 20.0. The number of hydrogen-bond donors (Lipinski definition) is 1. The van der Waals surface area contributed by atoms with Crippen molar-refractivity contribution >= 4 is 52.5 Å².